The predicted molar refractivity (Wildman–Crippen MR) is 67.9 cm³/mol. The molecule has 1 aromatic carbocycles. The van der Waals surface area contributed by atoms with Gasteiger partial charge >= 0.3 is 0 Å². The largest absolute Gasteiger partial charge is 0.387 e. The quantitative estimate of drug-likeness (QED) is 0.791. The van der Waals surface area contributed by atoms with Gasteiger partial charge in [0.15, 0.2) is 0 Å². The molecular formula is C14H21NO2. The van der Waals surface area contributed by atoms with Gasteiger partial charge in [-0.05, 0) is 24.8 Å². The van der Waals surface area contributed by atoms with Crippen LogP contribution in [0, 0.1) is 0 Å². The maximum atomic E-state index is 9.98. The van der Waals surface area contributed by atoms with Gasteiger partial charge in [-0.2, -0.15) is 0 Å². The Hall–Kier alpha value is -0.900. The molecule has 0 radical (unpaired) electrons. The molecule has 1 fully saturated rings. The van der Waals surface area contributed by atoms with E-state index in [1.165, 1.54) is 6.42 Å². The second-order valence-corrected chi connectivity index (χ2v) is 4.80. The summed E-state index contributed by atoms with van der Waals surface area (Å²) in [7, 11) is 1.77. The predicted octanol–water partition coefficient (Wildman–Crippen LogP) is 1.88. The summed E-state index contributed by atoms with van der Waals surface area (Å²) in [6, 6.07) is 9.74. The lowest BCUT2D eigenvalue weighted by Crippen LogP contribution is -2.48. The SMILES string of the molecule is COC1(CNCC(O)c2ccccc2)CCC1. The van der Waals surface area contributed by atoms with Gasteiger partial charge in [-0.3, -0.25) is 0 Å². The fraction of sp³-hybridized carbons (Fsp3) is 0.571. The van der Waals surface area contributed by atoms with Crippen LogP contribution in [0.3, 0.4) is 0 Å². The Morgan fingerprint density at radius 1 is 1.35 bits per heavy atom. The van der Waals surface area contributed by atoms with Crippen molar-refractivity contribution in [2.24, 2.45) is 0 Å². The molecule has 1 saturated carbocycles. The van der Waals surface area contributed by atoms with E-state index in [9.17, 15) is 5.11 Å². The molecule has 1 unspecified atom stereocenters. The number of nitrogens with one attached hydrogen (secondary N) is 1. The van der Waals surface area contributed by atoms with Crippen molar-refractivity contribution in [1.82, 2.24) is 5.32 Å². The maximum Gasteiger partial charge on any atom is 0.0914 e. The van der Waals surface area contributed by atoms with E-state index in [1.807, 2.05) is 30.3 Å². The van der Waals surface area contributed by atoms with E-state index in [0.29, 0.717) is 6.54 Å². The number of hydrogen-bond donors (Lipinski definition) is 2. The van der Waals surface area contributed by atoms with Crippen molar-refractivity contribution in [3.05, 3.63) is 35.9 Å². The van der Waals surface area contributed by atoms with Crippen molar-refractivity contribution in [2.45, 2.75) is 31.0 Å². The maximum absolute atomic E-state index is 9.98. The highest BCUT2D eigenvalue weighted by Gasteiger charge is 2.36. The monoisotopic (exact) mass is 235 g/mol. The molecule has 3 nitrogen and oxygen atoms in total. The van der Waals surface area contributed by atoms with Crippen LogP contribution < -0.4 is 5.32 Å². The lowest BCUT2D eigenvalue weighted by Gasteiger charge is -2.40. The number of aliphatic hydroxyl groups excluding tert-OH is 1. The zero-order valence-corrected chi connectivity index (χ0v) is 10.4. The van der Waals surface area contributed by atoms with Gasteiger partial charge in [-0.15, -0.1) is 0 Å². The molecule has 1 atom stereocenters. The van der Waals surface area contributed by atoms with Crippen molar-refractivity contribution >= 4 is 0 Å². The van der Waals surface area contributed by atoms with Crippen LogP contribution in [-0.4, -0.2) is 30.9 Å². The van der Waals surface area contributed by atoms with Crippen molar-refractivity contribution < 1.29 is 9.84 Å². The van der Waals surface area contributed by atoms with Crippen molar-refractivity contribution in [1.29, 1.82) is 0 Å². The van der Waals surface area contributed by atoms with Gasteiger partial charge in [0.2, 0.25) is 0 Å². The molecule has 0 spiro atoms. The van der Waals surface area contributed by atoms with Crippen molar-refractivity contribution in [3.8, 4) is 0 Å². The van der Waals surface area contributed by atoms with E-state index in [1.54, 1.807) is 7.11 Å². The Labute approximate surface area is 103 Å². The molecule has 1 aliphatic rings. The Morgan fingerprint density at radius 3 is 2.59 bits per heavy atom. The fourth-order valence-corrected chi connectivity index (χ4v) is 2.25. The van der Waals surface area contributed by atoms with Gasteiger partial charge in [-0.25, -0.2) is 0 Å². The van der Waals surface area contributed by atoms with Crippen LogP contribution in [0.2, 0.25) is 0 Å². The molecule has 0 heterocycles. The standard InChI is InChI=1S/C14H21NO2/c1-17-14(8-5-9-14)11-15-10-13(16)12-6-3-2-4-7-12/h2-4,6-7,13,15-16H,5,8-11H2,1H3. The normalized spacial score (nSPS) is 19.6. The highest BCUT2D eigenvalue weighted by Crippen LogP contribution is 2.34. The Balaban J connectivity index is 1.75. The molecule has 2 rings (SSSR count). The number of ether oxygens (including phenoxy) is 1. The third kappa shape index (κ3) is 3.06. The lowest BCUT2D eigenvalue weighted by molar-refractivity contribution is -0.0703. The first kappa shape index (κ1) is 12.6. The summed E-state index contributed by atoms with van der Waals surface area (Å²) in [5, 5.41) is 13.3. The molecule has 0 amide bonds. The van der Waals surface area contributed by atoms with Crippen LogP contribution >= 0.6 is 0 Å². The molecule has 2 N–H and O–H groups in total. The minimum Gasteiger partial charge on any atom is -0.387 e. The summed E-state index contributed by atoms with van der Waals surface area (Å²) in [6.45, 7) is 1.41. The Morgan fingerprint density at radius 2 is 2.06 bits per heavy atom. The zero-order chi connectivity index (χ0) is 12.1. The highest BCUT2D eigenvalue weighted by molar-refractivity contribution is 5.17. The summed E-state index contributed by atoms with van der Waals surface area (Å²) in [4.78, 5) is 0. The van der Waals surface area contributed by atoms with E-state index in [4.69, 9.17) is 4.74 Å². The minimum atomic E-state index is -0.440. The molecule has 0 bridgehead atoms. The summed E-state index contributed by atoms with van der Waals surface area (Å²) < 4.78 is 5.52. The van der Waals surface area contributed by atoms with E-state index in [-0.39, 0.29) is 5.60 Å². The zero-order valence-electron chi connectivity index (χ0n) is 10.4. The lowest BCUT2D eigenvalue weighted by atomic mass is 9.80. The van der Waals surface area contributed by atoms with E-state index in [2.05, 4.69) is 5.32 Å². The second-order valence-electron chi connectivity index (χ2n) is 4.80. The molecule has 1 aromatic rings. The van der Waals surface area contributed by atoms with E-state index >= 15 is 0 Å². The molecule has 0 saturated heterocycles. The molecular weight excluding hydrogens is 214 g/mol. The Kier molecular flexibility index (Phi) is 4.15. The van der Waals surface area contributed by atoms with Crippen LogP contribution in [0.15, 0.2) is 30.3 Å². The van der Waals surface area contributed by atoms with Crippen LogP contribution in [0.25, 0.3) is 0 Å². The van der Waals surface area contributed by atoms with E-state index < -0.39 is 6.10 Å². The number of benzene rings is 1. The molecule has 0 aliphatic heterocycles. The first-order valence-corrected chi connectivity index (χ1v) is 6.25. The summed E-state index contributed by atoms with van der Waals surface area (Å²) >= 11 is 0. The summed E-state index contributed by atoms with van der Waals surface area (Å²) in [5.74, 6) is 0. The van der Waals surface area contributed by atoms with Gasteiger partial charge in [0.25, 0.3) is 0 Å². The molecule has 94 valence electrons. The first-order valence-electron chi connectivity index (χ1n) is 6.25. The van der Waals surface area contributed by atoms with Crippen LogP contribution in [-0.2, 0) is 4.74 Å². The fourth-order valence-electron chi connectivity index (χ4n) is 2.25. The summed E-state index contributed by atoms with van der Waals surface area (Å²) in [6.07, 6.45) is 3.05. The van der Waals surface area contributed by atoms with Gasteiger partial charge in [0.05, 0.1) is 11.7 Å². The molecule has 1 aliphatic carbocycles. The van der Waals surface area contributed by atoms with E-state index in [0.717, 1.165) is 24.9 Å². The number of methoxy groups -OCH3 is 1. The number of aliphatic hydroxyl groups is 1. The second kappa shape index (κ2) is 5.63. The van der Waals surface area contributed by atoms with Crippen molar-refractivity contribution in [3.63, 3.8) is 0 Å². The Bertz CT molecular complexity index is 330. The van der Waals surface area contributed by atoms with Gasteiger partial charge < -0.3 is 15.2 Å². The third-order valence-corrected chi connectivity index (χ3v) is 3.67. The average molecular weight is 235 g/mol. The van der Waals surface area contributed by atoms with Crippen LogP contribution in [0.5, 0.6) is 0 Å². The molecule has 3 heteroatoms. The third-order valence-electron chi connectivity index (χ3n) is 3.67. The average Bonchev–Trinajstić information content (AvgIpc) is 2.33. The highest BCUT2D eigenvalue weighted by atomic mass is 16.5. The minimum absolute atomic E-state index is 0.0242. The van der Waals surface area contributed by atoms with Gasteiger partial charge in [-0.1, -0.05) is 30.3 Å². The number of hydrogen-bond acceptors (Lipinski definition) is 3. The van der Waals surface area contributed by atoms with Crippen molar-refractivity contribution in [2.75, 3.05) is 20.2 Å². The first-order chi connectivity index (χ1) is 8.26. The smallest absolute Gasteiger partial charge is 0.0914 e. The van der Waals surface area contributed by atoms with Gasteiger partial charge in [0.1, 0.15) is 0 Å². The van der Waals surface area contributed by atoms with Gasteiger partial charge in [0, 0.05) is 20.2 Å². The number of rotatable bonds is 6. The molecule has 0 aromatic heterocycles. The molecule has 17 heavy (non-hydrogen) atoms. The van der Waals surface area contributed by atoms with Crippen LogP contribution in [0.4, 0.5) is 0 Å². The topological polar surface area (TPSA) is 41.5 Å². The summed E-state index contributed by atoms with van der Waals surface area (Å²) in [5.41, 5.74) is 0.983. The van der Waals surface area contributed by atoms with Crippen LogP contribution in [0.1, 0.15) is 30.9 Å².